The van der Waals surface area contributed by atoms with Crippen molar-refractivity contribution in [1.82, 2.24) is 14.8 Å². The molecule has 1 fully saturated rings. The highest BCUT2D eigenvalue weighted by atomic mass is 35.5. The summed E-state index contributed by atoms with van der Waals surface area (Å²) >= 11 is 7.93. The Kier molecular flexibility index (Phi) is 4.83. The molecular formula is C15H18ClN3OS. The van der Waals surface area contributed by atoms with Gasteiger partial charge in [-0.2, -0.15) is 0 Å². The van der Waals surface area contributed by atoms with Crippen molar-refractivity contribution in [3.05, 3.63) is 29.3 Å². The molecule has 0 N–H and O–H groups in total. The molecule has 0 amide bonds. The lowest BCUT2D eigenvalue weighted by atomic mass is 10.1. The first-order valence-electron chi connectivity index (χ1n) is 7.14. The van der Waals surface area contributed by atoms with Crippen LogP contribution in [0.15, 0.2) is 29.4 Å². The molecule has 3 rings (SSSR count). The number of hydrogen-bond acceptors (Lipinski definition) is 4. The Morgan fingerprint density at radius 3 is 2.95 bits per heavy atom. The minimum atomic E-state index is 0.337. The van der Waals surface area contributed by atoms with Crippen LogP contribution in [0, 0.1) is 0 Å². The third-order valence-electron chi connectivity index (χ3n) is 3.62. The molecule has 21 heavy (non-hydrogen) atoms. The van der Waals surface area contributed by atoms with Crippen molar-refractivity contribution >= 4 is 23.4 Å². The number of nitrogens with zero attached hydrogens (tertiary/aromatic N) is 3. The monoisotopic (exact) mass is 323 g/mol. The van der Waals surface area contributed by atoms with Crippen molar-refractivity contribution in [1.29, 1.82) is 0 Å². The van der Waals surface area contributed by atoms with Crippen LogP contribution in [0.1, 0.15) is 19.3 Å². The lowest BCUT2D eigenvalue weighted by Crippen LogP contribution is -2.21. The Labute approximate surface area is 133 Å². The Morgan fingerprint density at radius 1 is 1.33 bits per heavy atom. The minimum Gasteiger partial charge on any atom is -0.377 e. The van der Waals surface area contributed by atoms with Gasteiger partial charge >= 0.3 is 0 Å². The van der Waals surface area contributed by atoms with Gasteiger partial charge < -0.3 is 9.30 Å². The molecule has 1 aliphatic heterocycles. The average Bonchev–Trinajstić information content (AvgIpc) is 2.88. The summed E-state index contributed by atoms with van der Waals surface area (Å²) in [5, 5.41) is 10.2. The first-order chi connectivity index (χ1) is 10.3. The molecule has 1 saturated heterocycles. The van der Waals surface area contributed by atoms with Crippen LogP contribution in [-0.2, 0) is 11.8 Å². The van der Waals surface area contributed by atoms with Crippen LogP contribution in [0.3, 0.4) is 0 Å². The molecule has 0 spiro atoms. The Morgan fingerprint density at radius 2 is 2.19 bits per heavy atom. The summed E-state index contributed by atoms with van der Waals surface area (Å²) in [7, 11) is 1.97. The van der Waals surface area contributed by atoms with Gasteiger partial charge in [-0.15, -0.1) is 10.2 Å². The third kappa shape index (κ3) is 3.42. The van der Waals surface area contributed by atoms with E-state index in [-0.39, 0.29) is 0 Å². The zero-order valence-electron chi connectivity index (χ0n) is 12.0. The van der Waals surface area contributed by atoms with Gasteiger partial charge in [0.1, 0.15) is 0 Å². The zero-order chi connectivity index (χ0) is 14.7. The molecule has 2 aromatic rings. The lowest BCUT2D eigenvalue weighted by Gasteiger charge is -2.21. The van der Waals surface area contributed by atoms with E-state index >= 15 is 0 Å². The molecule has 1 aromatic heterocycles. The number of benzene rings is 1. The van der Waals surface area contributed by atoms with Gasteiger partial charge in [-0.05, 0) is 31.4 Å². The molecule has 4 nitrogen and oxygen atoms in total. The number of thioether (sulfide) groups is 1. The minimum absolute atomic E-state index is 0.337. The molecule has 1 aliphatic rings. The van der Waals surface area contributed by atoms with E-state index in [4.69, 9.17) is 16.3 Å². The molecule has 1 atom stereocenters. The van der Waals surface area contributed by atoms with Gasteiger partial charge in [0.15, 0.2) is 11.0 Å². The summed E-state index contributed by atoms with van der Waals surface area (Å²) in [6.07, 6.45) is 3.92. The van der Waals surface area contributed by atoms with E-state index in [1.165, 1.54) is 12.8 Å². The molecule has 6 heteroatoms. The van der Waals surface area contributed by atoms with Gasteiger partial charge in [-0.1, -0.05) is 35.5 Å². The van der Waals surface area contributed by atoms with E-state index in [1.54, 1.807) is 11.8 Å². The molecule has 0 radical (unpaired) electrons. The van der Waals surface area contributed by atoms with Crippen LogP contribution in [-0.4, -0.2) is 33.2 Å². The van der Waals surface area contributed by atoms with Gasteiger partial charge in [0.05, 0.1) is 11.1 Å². The normalized spacial score (nSPS) is 18.9. The van der Waals surface area contributed by atoms with E-state index < -0.39 is 0 Å². The largest absolute Gasteiger partial charge is 0.377 e. The fourth-order valence-corrected chi connectivity index (χ4v) is 3.62. The van der Waals surface area contributed by atoms with Gasteiger partial charge in [0, 0.05) is 25.0 Å². The van der Waals surface area contributed by atoms with E-state index in [9.17, 15) is 0 Å². The number of aromatic nitrogens is 3. The van der Waals surface area contributed by atoms with Crippen LogP contribution < -0.4 is 0 Å². The summed E-state index contributed by atoms with van der Waals surface area (Å²) in [4.78, 5) is 0. The number of rotatable bonds is 4. The number of hydrogen-bond donors (Lipinski definition) is 0. The quantitative estimate of drug-likeness (QED) is 0.802. The van der Waals surface area contributed by atoms with Gasteiger partial charge in [-0.25, -0.2) is 0 Å². The van der Waals surface area contributed by atoms with Gasteiger partial charge in [-0.3, -0.25) is 0 Å². The number of halogens is 1. The SMILES string of the molecule is Cn1c(SCC2CCCCO2)nnc1-c1ccccc1Cl. The Bertz CT molecular complexity index is 611. The van der Waals surface area contributed by atoms with Crippen molar-refractivity contribution in [3.8, 4) is 11.4 Å². The molecule has 2 heterocycles. The predicted octanol–water partition coefficient (Wildman–Crippen LogP) is 3.80. The van der Waals surface area contributed by atoms with Crippen molar-refractivity contribution in [3.63, 3.8) is 0 Å². The van der Waals surface area contributed by atoms with Gasteiger partial charge in [0.25, 0.3) is 0 Å². The van der Waals surface area contributed by atoms with Gasteiger partial charge in [0.2, 0.25) is 0 Å². The second kappa shape index (κ2) is 6.81. The average molecular weight is 324 g/mol. The van der Waals surface area contributed by atoms with Crippen LogP contribution in [0.25, 0.3) is 11.4 Å². The molecule has 1 aromatic carbocycles. The van der Waals surface area contributed by atoms with E-state index in [2.05, 4.69) is 10.2 Å². The summed E-state index contributed by atoms with van der Waals surface area (Å²) in [6.45, 7) is 0.884. The molecule has 0 saturated carbocycles. The highest BCUT2D eigenvalue weighted by Crippen LogP contribution is 2.29. The maximum Gasteiger partial charge on any atom is 0.191 e. The Balaban J connectivity index is 1.72. The first-order valence-corrected chi connectivity index (χ1v) is 8.51. The standard InChI is InChI=1S/C15H18ClN3OS/c1-19-14(12-7-2-3-8-13(12)16)17-18-15(19)21-10-11-6-4-5-9-20-11/h2-3,7-8,11H,4-6,9-10H2,1H3. The van der Waals surface area contributed by atoms with Crippen molar-refractivity contribution < 1.29 is 4.74 Å². The summed E-state index contributed by atoms with van der Waals surface area (Å²) in [5.41, 5.74) is 0.912. The topological polar surface area (TPSA) is 39.9 Å². The second-order valence-corrected chi connectivity index (χ2v) is 6.54. The predicted molar refractivity (Wildman–Crippen MR) is 85.8 cm³/mol. The lowest BCUT2D eigenvalue weighted by molar-refractivity contribution is 0.0315. The van der Waals surface area contributed by atoms with Crippen molar-refractivity contribution in [2.24, 2.45) is 7.05 Å². The summed E-state index contributed by atoms with van der Waals surface area (Å²) in [6, 6.07) is 7.70. The van der Waals surface area contributed by atoms with Crippen molar-refractivity contribution in [2.45, 2.75) is 30.5 Å². The summed E-state index contributed by atoms with van der Waals surface area (Å²) in [5.74, 6) is 1.72. The van der Waals surface area contributed by atoms with Crippen LogP contribution in [0.5, 0.6) is 0 Å². The molecular weight excluding hydrogens is 306 g/mol. The zero-order valence-corrected chi connectivity index (χ0v) is 13.5. The smallest absolute Gasteiger partial charge is 0.191 e. The molecule has 0 aliphatic carbocycles. The van der Waals surface area contributed by atoms with Crippen LogP contribution in [0.4, 0.5) is 0 Å². The van der Waals surface area contributed by atoms with E-state index in [1.807, 2.05) is 35.9 Å². The van der Waals surface area contributed by atoms with E-state index in [0.29, 0.717) is 11.1 Å². The van der Waals surface area contributed by atoms with Crippen molar-refractivity contribution in [2.75, 3.05) is 12.4 Å². The molecule has 0 bridgehead atoms. The highest BCUT2D eigenvalue weighted by molar-refractivity contribution is 7.99. The van der Waals surface area contributed by atoms with Crippen LogP contribution >= 0.6 is 23.4 Å². The number of ether oxygens (including phenoxy) is 1. The fraction of sp³-hybridized carbons (Fsp3) is 0.467. The molecule has 112 valence electrons. The fourth-order valence-electron chi connectivity index (χ4n) is 2.42. The first kappa shape index (κ1) is 14.9. The Hall–Kier alpha value is -1.04. The van der Waals surface area contributed by atoms with Crippen LogP contribution in [0.2, 0.25) is 5.02 Å². The maximum atomic E-state index is 6.23. The second-order valence-electron chi connectivity index (χ2n) is 5.14. The highest BCUT2D eigenvalue weighted by Gasteiger charge is 2.17. The molecule has 1 unspecified atom stereocenters. The summed E-state index contributed by atoms with van der Waals surface area (Å²) < 4.78 is 7.75. The maximum absolute atomic E-state index is 6.23. The van der Waals surface area contributed by atoms with E-state index in [0.717, 1.165) is 35.3 Å². The third-order valence-corrected chi connectivity index (χ3v) is 5.10.